The number of hydrogen-bond acceptors (Lipinski definition) is 4. The number of sulfonamides is 1. The molecule has 21 heavy (non-hydrogen) atoms. The Hall–Kier alpha value is -0.470. The van der Waals surface area contributed by atoms with Crippen LogP contribution in [-0.4, -0.2) is 35.2 Å². The first-order valence-electron chi connectivity index (χ1n) is 6.90. The maximum Gasteiger partial charge on any atom is 0.240 e. The third-order valence-electron chi connectivity index (χ3n) is 3.04. The van der Waals surface area contributed by atoms with Crippen LogP contribution in [0.3, 0.4) is 0 Å². The number of ether oxygens (including phenoxy) is 1. The van der Waals surface area contributed by atoms with Crippen molar-refractivity contribution in [3.8, 4) is 0 Å². The molecule has 0 fully saturated rings. The summed E-state index contributed by atoms with van der Waals surface area (Å²) in [4.78, 5) is 0.321. The van der Waals surface area contributed by atoms with Crippen LogP contribution in [0.25, 0.3) is 0 Å². The molecule has 1 aromatic rings. The normalized spacial score (nSPS) is 11.8. The fourth-order valence-corrected chi connectivity index (χ4v) is 3.89. The Labute approximate surface area is 135 Å². The Kier molecular flexibility index (Phi) is 7.83. The van der Waals surface area contributed by atoms with Gasteiger partial charge in [0.05, 0.1) is 4.90 Å². The van der Waals surface area contributed by atoms with E-state index in [0.29, 0.717) is 31.0 Å². The molecular formula is C14H23BrN2O3S. The van der Waals surface area contributed by atoms with Gasteiger partial charge in [0.1, 0.15) is 0 Å². The predicted octanol–water partition coefficient (Wildman–Crippen LogP) is 2.18. The minimum atomic E-state index is -3.50. The summed E-state index contributed by atoms with van der Waals surface area (Å²) in [6, 6.07) is 3.67. The fraction of sp³-hybridized carbons (Fsp3) is 0.571. The topological polar surface area (TPSA) is 67.4 Å². The van der Waals surface area contributed by atoms with Gasteiger partial charge in [0, 0.05) is 31.3 Å². The Morgan fingerprint density at radius 2 is 2.05 bits per heavy atom. The monoisotopic (exact) mass is 378 g/mol. The largest absolute Gasteiger partial charge is 0.385 e. The van der Waals surface area contributed by atoms with Crippen molar-refractivity contribution in [1.82, 2.24) is 10.0 Å². The molecule has 2 N–H and O–H groups in total. The average molecular weight is 379 g/mol. The second kappa shape index (κ2) is 8.85. The van der Waals surface area contributed by atoms with E-state index in [2.05, 4.69) is 26.0 Å². The number of nitrogens with one attached hydrogen (secondary N) is 2. The average Bonchev–Trinajstić information content (AvgIpc) is 2.44. The molecule has 0 unspecified atom stereocenters. The molecule has 0 saturated carbocycles. The van der Waals surface area contributed by atoms with Gasteiger partial charge in [0.25, 0.3) is 0 Å². The summed E-state index contributed by atoms with van der Waals surface area (Å²) in [6.07, 6.45) is 0.646. The summed E-state index contributed by atoms with van der Waals surface area (Å²) in [5, 5.41) is 3.20. The van der Waals surface area contributed by atoms with Gasteiger partial charge in [-0.1, -0.05) is 22.9 Å². The van der Waals surface area contributed by atoms with E-state index in [1.807, 2.05) is 13.0 Å². The Bertz CT molecular complexity index is 562. The number of benzene rings is 1. The molecule has 1 rings (SSSR count). The molecule has 0 saturated heterocycles. The molecule has 0 amide bonds. The summed E-state index contributed by atoms with van der Waals surface area (Å²) in [5.41, 5.74) is 1.65. The van der Waals surface area contributed by atoms with E-state index in [4.69, 9.17) is 4.74 Å². The van der Waals surface area contributed by atoms with Gasteiger partial charge in [-0.05, 0) is 43.1 Å². The van der Waals surface area contributed by atoms with Gasteiger partial charge in [0.2, 0.25) is 10.0 Å². The number of rotatable bonds is 9. The highest BCUT2D eigenvalue weighted by molar-refractivity contribution is 9.10. The van der Waals surface area contributed by atoms with Crippen LogP contribution >= 0.6 is 15.9 Å². The summed E-state index contributed by atoms with van der Waals surface area (Å²) in [5.74, 6) is 0. The number of methoxy groups -OCH3 is 1. The van der Waals surface area contributed by atoms with Crippen molar-refractivity contribution >= 4 is 26.0 Å². The highest BCUT2D eigenvalue weighted by atomic mass is 79.9. The SMILES string of the molecule is CCNCc1cc(Br)c(C)c(S(=O)(=O)NCCCOC)c1. The van der Waals surface area contributed by atoms with E-state index in [-0.39, 0.29) is 0 Å². The molecule has 0 heterocycles. The van der Waals surface area contributed by atoms with Crippen LogP contribution < -0.4 is 10.0 Å². The molecule has 0 atom stereocenters. The summed E-state index contributed by atoms with van der Waals surface area (Å²) >= 11 is 3.43. The van der Waals surface area contributed by atoms with Gasteiger partial charge in [-0.15, -0.1) is 0 Å². The van der Waals surface area contributed by atoms with E-state index in [0.717, 1.165) is 22.1 Å². The lowest BCUT2D eigenvalue weighted by Gasteiger charge is -2.13. The van der Waals surface area contributed by atoms with Crippen LogP contribution in [0.2, 0.25) is 0 Å². The first kappa shape index (κ1) is 18.6. The third kappa shape index (κ3) is 5.67. The van der Waals surface area contributed by atoms with Gasteiger partial charge >= 0.3 is 0 Å². The van der Waals surface area contributed by atoms with Crippen LogP contribution in [0.4, 0.5) is 0 Å². The van der Waals surface area contributed by atoms with E-state index < -0.39 is 10.0 Å². The van der Waals surface area contributed by atoms with Crippen LogP contribution in [-0.2, 0) is 21.3 Å². The zero-order valence-corrected chi connectivity index (χ0v) is 15.1. The molecule has 0 bridgehead atoms. The molecule has 0 spiro atoms. The van der Waals surface area contributed by atoms with Gasteiger partial charge in [-0.3, -0.25) is 0 Å². The summed E-state index contributed by atoms with van der Waals surface area (Å²) in [6.45, 7) is 6.18. The maximum atomic E-state index is 12.4. The standard InChI is InChI=1S/C14H23BrN2O3S/c1-4-16-10-12-8-13(15)11(2)14(9-12)21(18,19)17-6-5-7-20-3/h8-9,16-17H,4-7,10H2,1-3H3. The highest BCUT2D eigenvalue weighted by Crippen LogP contribution is 2.25. The van der Waals surface area contributed by atoms with Crippen molar-refractivity contribution in [2.75, 3.05) is 26.8 Å². The molecule has 120 valence electrons. The maximum absolute atomic E-state index is 12.4. The van der Waals surface area contributed by atoms with E-state index >= 15 is 0 Å². The first-order valence-corrected chi connectivity index (χ1v) is 9.18. The quantitative estimate of drug-likeness (QED) is 0.646. The molecule has 0 aliphatic carbocycles. The van der Waals surface area contributed by atoms with Gasteiger partial charge in [-0.2, -0.15) is 0 Å². The number of hydrogen-bond donors (Lipinski definition) is 2. The van der Waals surface area contributed by atoms with Gasteiger partial charge in [-0.25, -0.2) is 13.1 Å². The van der Waals surface area contributed by atoms with Crippen molar-refractivity contribution in [3.63, 3.8) is 0 Å². The Balaban J connectivity index is 2.95. The second-order valence-electron chi connectivity index (χ2n) is 4.73. The predicted molar refractivity (Wildman–Crippen MR) is 87.9 cm³/mol. The minimum Gasteiger partial charge on any atom is -0.385 e. The van der Waals surface area contributed by atoms with E-state index in [1.165, 1.54) is 0 Å². The minimum absolute atomic E-state index is 0.321. The molecule has 5 nitrogen and oxygen atoms in total. The van der Waals surface area contributed by atoms with Crippen LogP contribution in [0.5, 0.6) is 0 Å². The Morgan fingerprint density at radius 1 is 1.33 bits per heavy atom. The zero-order chi connectivity index (χ0) is 15.9. The van der Waals surface area contributed by atoms with Crippen LogP contribution in [0.15, 0.2) is 21.5 Å². The highest BCUT2D eigenvalue weighted by Gasteiger charge is 2.18. The van der Waals surface area contributed by atoms with Crippen molar-refractivity contribution in [2.45, 2.75) is 31.7 Å². The van der Waals surface area contributed by atoms with Crippen molar-refractivity contribution < 1.29 is 13.2 Å². The van der Waals surface area contributed by atoms with Crippen molar-refractivity contribution in [1.29, 1.82) is 0 Å². The lowest BCUT2D eigenvalue weighted by atomic mass is 10.1. The Morgan fingerprint density at radius 3 is 2.67 bits per heavy atom. The first-order chi connectivity index (χ1) is 9.92. The summed E-state index contributed by atoms with van der Waals surface area (Å²) in [7, 11) is -1.91. The molecule has 0 aliphatic heterocycles. The van der Waals surface area contributed by atoms with Crippen LogP contribution in [0.1, 0.15) is 24.5 Å². The molecule has 0 aliphatic rings. The zero-order valence-electron chi connectivity index (χ0n) is 12.7. The molecule has 7 heteroatoms. The van der Waals surface area contributed by atoms with Gasteiger partial charge < -0.3 is 10.1 Å². The summed E-state index contributed by atoms with van der Waals surface area (Å²) < 4.78 is 33.1. The molecule has 0 radical (unpaired) electrons. The third-order valence-corrected chi connectivity index (χ3v) is 5.45. The van der Waals surface area contributed by atoms with Gasteiger partial charge in [0.15, 0.2) is 0 Å². The van der Waals surface area contributed by atoms with Crippen LogP contribution in [0, 0.1) is 6.92 Å². The lowest BCUT2D eigenvalue weighted by molar-refractivity contribution is 0.196. The second-order valence-corrected chi connectivity index (χ2v) is 7.31. The molecule has 1 aromatic carbocycles. The molecular weight excluding hydrogens is 356 g/mol. The van der Waals surface area contributed by atoms with E-state index in [1.54, 1.807) is 20.1 Å². The van der Waals surface area contributed by atoms with E-state index in [9.17, 15) is 8.42 Å². The lowest BCUT2D eigenvalue weighted by Crippen LogP contribution is -2.26. The fourth-order valence-electron chi connectivity index (χ4n) is 1.86. The smallest absolute Gasteiger partial charge is 0.240 e. The van der Waals surface area contributed by atoms with Crippen molar-refractivity contribution in [3.05, 3.63) is 27.7 Å². The van der Waals surface area contributed by atoms with Crippen molar-refractivity contribution in [2.24, 2.45) is 0 Å². The molecule has 0 aromatic heterocycles. The number of halogens is 1.